The third-order valence-electron chi connectivity index (χ3n) is 5.29. The van der Waals surface area contributed by atoms with Crippen molar-refractivity contribution in [2.75, 3.05) is 13.2 Å². The molecule has 0 aromatic heterocycles. The highest BCUT2D eigenvalue weighted by Crippen LogP contribution is 2.28. The lowest BCUT2D eigenvalue weighted by atomic mass is 10.1. The molecule has 1 aromatic rings. The Morgan fingerprint density at radius 2 is 1.90 bits per heavy atom. The lowest BCUT2D eigenvalue weighted by Crippen LogP contribution is -2.43. The Hall–Kier alpha value is -1.97. The number of carbonyl (C=O) groups excluding carboxylic acids is 2. The molecular weight excluding hydrogens is 396 g/mol. The molecule has 1 saturated heterocycles. The molecule has 1 aromatic carbocycles. The van der Waals surface area contributed by atoms with Crippen LogP contribution in [0.25, 0.3) is 0 Å². The maximum absolute atomic E-state index is 13.0. The Kier molecular flexibility index (Phi) is 7.79. The molecule has 1 fully saturated rings. The van der Waals surface area contributed by atoms with Gasteiger partial charge in [-0.05, 0) is 49.9 Å². The largest absolute Gasteiger partial charge is 0.454 e. The van der Waals surface area contributed by atoms with Crippen LogP contribution in [-0.4, -0.2) is 61.0 Å². The molecule has 0 unspecified atom stereocenters. The van der Waals surface area contributed by atoms with Crippen molar-refractivity contribution in [1.82, 2.24) is 9.62 Å². The zero-order valence-electron chi connectivity index (χ0n) is 17.3. The van der Waals surface area contributed by atoms with Crippen molar-refractivity contribution in [3.8, 4) is 0 Å². The Labute approximate surface area is 172 Å². The van der Waals surface area contributed by atoms with E-state index in [9.17, 15) is 23.1 Å². The predicted molar refractivity (Wildman–Crippen MR) is 108 cm³/mol. The number of ether oxygens (including phenoxy) is 1. The van der Waals surface area contributed by atoms with Crippen LogP contribution in [0.4, 0.5) is 0 Å². The van der Waals surface area contributed by atoms with E-state index in [1.807, 2.05) is 20.8 Å². The first-order valence-corrected chi connectivity index (χ1v) is 11.3. The number of aryl methyl sites for hydroxylation is 2. The first kappa shape index (κ1) is 23.3. The number of sulfonamides is 1. The summed E-state index contributed by atoms with van der Waals surface area (Å²) in [6.45, 7) is 6.87. The van der Waals surface area contributed by atoms with Gasteiger partial charge in [-0.15, -0.1) is 0 Å². The lowest BCUT2D eigenvalue weighted by Gasteiger charge is -2.23. The highest BCUT2D eigenvalue weighted by atomic mass is 32.2. The Morgan fingerprint density at radius 1 is 1.24 bits per heavy atom. The molecule has 0 saturated carbocycles. The van der Waals surface area contributed by atoms with Crippen molar-refractivity contribution in [3.05, 3.63) is 29.3 Å². The molecule has 8 nitrogen and oxygen atoms in total. The summed E-state index contributed by atoms with van der Waals surface area (Å²) in [4.78, 5) is 24.5. The molecule has 0 spiro atoms. The average molecular weight is 427 g/mol. The van der Waals surface area contributed by atoms with E-state index >= 15 is 0 Å². The zero-order valence-corrected chi connectivity index (χ0v) is 18.2. The van der Waals surface area contributed by atoms with Gasteiger partial charge in [-0.3, -0.25) is 9.59 Å². The van der Waals surface area contributed by atoms with Crippen LogP contribution < -0.4 is 5.32 Å². The highest BCUT2D eigenvalue weighted by Gasteiger charge is 2.44. The Bertz CT molecular complexity index is 851. The summed E-state index contributed by atoms with van der Waals surface area (Å²) in [7, 11) is -4.00. The number of esters is 1. The van der Waals surface area contributed by atoms with E-state index in [4.69, 9.17) is 4.74 Å². The number of amides is 1. The molecule has 2 N–H and O–H groups in total. The van der Waals surface area contributed by atoms with E-state index in [2.05, 4.69) is 5.32 Å². The van der Waals surface area contributed by atoms with Crippen LogP contribution in [0.2, 0.25) is 0 Å². The van der Waals surface area contributed by atoms with Crippen LogP contribution in [0.5, 0.6) is 0 Å². The summed E-state index contributed by atoms with van der Waals surface area (Å²) < 4.78 is 32.1. The fourth-order valence-electron chi connectivity index (χ4n) is 3.27. The minimum atomic E-state index is -4.00. The van der Waals surface area contributed by atoms with Crippen LogP contribution in [-0.2, 0) is 24.3 Å². The summed E-state index contributed by atoms with van der Waals surface area (Å²) in [5, 5.41) is 12.7. The van der Waals surface area contributed by atoms with Gasteiger partial charge in [-0.25, -0.2) is 8.42 Å². The number of β-amino-alcohol motifs (C(OH)–C–C–N with tert-alkyl or cyclic N) is 1. The fourth-order valence-corrected chi connectivity index (χ4v) is 4.98. The van der Waals surface area contributed by atoms with Crippen LogP contribution >= 0.6 is 0 Å². The van der Waals surface area contributed by atoms with Crippen molar-refractivity contribution in [2.45, 2.75) is 70.0 Å². The monoisotopic (exact) mass is 426 g/mol. The number of carbonyl (C=O) groups is 2. The first-order chi connectivity index (χ1) is 13.6. The number of rotatable bonds is 8. The van der Waals surface area contributed by atoms with E-state index in [1.165, 1.54) is 6.07 Å². The molecule has 162 valence electrons. The zero-order chi connectivity index (χ0) is 21.8. The van der Waals surface area contributed by atoms with Gasteiger partial charge in [0.25, 0.3) is 5.91 Å². The molecule has 1 aliphatic rings. The van der Waals surface area contributed by atoms with Crippen LogP contribution in [0.3, 0.4) is 0 Å². The number of hydrogen-bond acceptors (Lipinski definition) is 6. The second-order valence-electron chi connectivity index (χ2n) is 7.41. The second-order valence-corrected chi connectivity index (χ2v) is 9.31. The molecule has 0 radical (unpaired) electrons. The van der Waals surface area contributed by atoms with Crippen molar-refractivity contribution >= 4 is 21.9 Å². The topological polar surface area (TPSA) is 113 Å². The average Bonchev–Trinajstić information content (AvgIpc) is 3.08. The molecular formula is C20H30N2O6S. The summed E-state index contributed by atoms with van der Waals surface area (Å²) in [6, 6.07) is 3.55. The van der Waals surface area contributed by atoms with Gasteiger partial charge in [-0.2, -0.15) is 4.31 Å². The van der Waals surface area contributed by atoms with Crippen molar-refractivity contribution in [2.24, 2.45) is 0 Å². The molecule has 2 atom stereocenters. The Balaban J connectivity index is 2.11. The smallest absolute Gasteiger partial charge is 0.325 e. The molecule has 2 rings (SSSR count). The van der Waals surface area contributed by atoms with E-state index in [1.54, 1.807) is 19.1 Å². The number of nitrogens with one attached hydrogen (secondary N) is 1. The van der Waals surface area contributed by atoms with Gasteiger partial charge < -0.3 is 15.2 Å². The van der Waals surface area contributed by atoms with Crippen molar-refractivity contribution in [3.63, 3.8) is 0 Å². The quantitative estimate of drug-likeness (QED) is 0.606. The molecule has 1 aliphatic heterocycles. The summed E-state index contributed by atoms with van der Waals surface area (Å²) >= 11 is 0. The number of benzene rings is 1. The normalized spacial score (nSPS) is 20.1. The van der Waals surface area contributed by atoms with E-state index in [0.717, 1.165) is 28.3 Å². The van der Waals surface area contributed by atoms with Gasteiger partial charge in [0.2, 0.25) is 10.0 Å². The number of hydrogen-bond donors (Lipinski definition) is 2. The first-order valence-electron chi connectivity index (χ1n) is 9.83. The summed E-state index contributed by atoms with van der Waals surface area (Å²) in [5.74, 6) is -1.28. The summed E-state index contributed by atoms with van der Waals surface area (Å²) in [5.41, 5.74) is 1.76. The van der Waals surface area contributed by atoms with Crippen LogP contribution in [0, 0.1) is 13.8 Å². The molecule has 1 heterocycles. The third kappa shape index (κ3) is 5.55. The van der Waals surface area contributed by atoms with Crippen molar-refractivity contribution < 1.29 is 27.9 Å². The van der Waals surface area contributed by atoms with Gasteiger partial charge in [0.1, 0.15) is 6.04 Å². The third-order valence-corrected chi connectivity index (χ3v) is 7.16. The maximum Gasteiger partial charge on any atom is 0.325 e. The molecule has 29 heavy (non-hydrogen) atoms. The molecule has 0 bridgehead atoms. The molecule has 9 heteroatoms. The van der Waals surface area contributed by atoms with E-state index in [-0.39, 0.29) is 23.9 Å². The molecule has 1 amide bonds. The van der Waals surface area contributed by atoms with Crippen molar-refractivity contribution in [1.29, 1.82) is 0 Å². The van der Waals surface area contributed by atoms with Crippen LogP contribution in [0.1, 0.15) is 44.2 Å². The van der Waals surface area contributed by atoms with E-state index in [0.29, 0.717) is 0 Å². The van der Waals surface area contributed by atoms with Gasteiger partial charge in [-0.1, -0.05) is 19.9 Å². The van der Waals surface area contributed by atoms with Gasteiger partial charge >= 0.3 is 5.97 Å². The van der Waals surface area contributed by atoms with Gasteiger partial charge in [0.05, 0.1) is 11.0 Å². The highest BCUT2D eigenvalue weighted by molar-refractivity contribution is 7.89. The van der Waals surface area contributed by atoms with Crippen LogP contribution in [0.15, 0.2) is 23.1 Å². The maximum atomic E-state index is 13.0. The lowest BCUT2D eigenvalue weighted by molar-refractivity contribution is -0.151. The number of aliphatic hydroxyl groups is 1. The molecule has 0 aliphatic carbocycles. The number of nitrogens with zero attached hydrogens (tertiary/aromatic N) is 1. The van der Waals surface area contributed by atoms with E-state index < -0.39 is 40.7 Å². The minimum Gasteiger partial charge on any atom is -0.454 e. The predicted octanol–water partition coefficient (Wildman–Crippen LogP) is 1.28. The number of aliphatic hydroxyl groups excluding tert-OH is 1. The standard InChI is InChI=1S/C20H30N2O6S/c1-5-15(6-2)21-19(24)12-28-20(25)18-10-16(23)11-22(18)29(26,27)17-8-7-13(3)14(4)9-17/h7-9,15-16,18,23H,5-6,10-12H2,1-4H3,(H,21,24)/t16-,18+/m1/s1. The Morgan fingerprint density at radius 3 is 2.48 bits per heavy atom. The summed E-state index contributed by atoms with van der Waals surface area (Å²) in [6.07, 6.45) is 0.462. The SMILES string of the molecule is CCC(CC)NC(=O)COC(=O)[C@@H]1C[C@@H](O)CN1S(=O)(=O)c1ccc(C)c(C)c1. The fraction of sp³-hybridized carbons (Fsp3) is 0.600. The van der Waals surface area contributed by atoms with Gasteiger partial charge in [0.15, 0.2) is 6.61 Å². The van der Waals surface area contributed by atoms with Gasteiger partial charge in [0, 0.05) is 19.0 Å². The minimum absolute atomic E-state index is 0.00356. The second kappa shape index (κ2) is 9.69.